The maximum Gasteiger partial charge on any atom is 0.313 e. The van der Waals surface area contributed by atoms with Gasteiger partial charge in [0.2, 0.25) is 0 Å². The van der Waals surface area contributed by atoms with Crippen LogP contribution >= 0.6 is 23.2 Å². The van der Waals surface area contributed by atoms with Gasteiger partial charge < -0.3 is 10.1 Å². The first-order chi connectivity index (χ1) is 9.57. The number of piperidine rings is 1. The Morgan fingerprint density at radius 1 is 1.40 bits per heavy atom. The lowest BCUT2D eigenvalue weighted by molar-refractivity contribution is -0.156. The van der Waals surface area contributed by atoms with Crippen molar-refractivity contribution in [2.24, 2.45) is 5.41 Å². The van der Waals surface area contributed by atoms with Crippen molar-refractivity contribution in [1.29, 1.82) is 0 Å². The number of carbonyl (C=O) groups excluding carboxylic acids is 1. The zero-order valence-electron chi connectivity index (χ0n) is 11.5. The number of nitrogens with one attached hydrogen (secondary N) is 1. The summed E-state index contributed by atoms with van der Waals surface area (Å²) in [5, 5.41) is 4.35. The van der Waals surface area contributed by atoms with Crippen LogP contribution in [0.1, 0.15) is 25.3 Å². The number of halogens is 2. The lowest BCUT2D eigenvalue weighted by atomic mass is 9.76. The lowest BCUT2D eigenvalue weighted by Crippen LogP contribution is -2.47. The second kappa shape index (κ2) is 6.79. The van der Waals surface area contributed by atoms with Crippen LogP contribution in [0.25, 0.3) is 0 Å². The fraction of sp³-hybridized carbons (Fsp3) is 0.533. The van der Waals surface area contributed by atoms with E-state index < -0.39 is 5.41 Å². The van der Waals surface area contributed by atoms with Gasteiger partial charge >= 0.3 is 5.97 Å². The third kappa shape index (κ3) is 3.46. The van der Waals surface area contributed by atoms with Gasteiger partial charge in [0.25, 0.3) is 0 Å². The van der Waals surface area contributed by atoms with E-state index in [9.17, 15) is 4.79 Å². The molecule has 0 spiro atoms. The maximum absolute atomic E-state index is 12.4. The van der Waals surface area contributed by atoms with E-state index in [0.29, 0.717) is 29.6 Å². The predicted molar refractivity (Wildman–Crippen MR) is 81.3 cm³/mol. The molecule has 1 heterocycles. The molecule has 3 nitrogen and oxygen atoms in total. The monoisotopic (exact) mass is 315 g/mol. The quantitative estimate of drug-likeness (QED) is 0.865. The van der Waals surface area contributed by atoms with Gasteiger partial charge in [0.1, 0.15) is 0 Å². The van der Waals surface area contributed by atoms with E-state index in [-0.39, 0.29) is 5.97 Å². The third-order valence-electron chi connectivity index (χ3n) is 3.71. The Morgan fingerprint density at radius 3 is 2.80 bits per heavy atom. The molecule has 1 aromatic carbocycles. The minimum Gasteiger partial charge on any atom is -0.466 e. The van der Waals surface area contributed by atoms with E-state index in [0.717, 1.165) is 24.9 Å². The molecule has 1 saturated heterocycles. The summed E-state index contributed by atoms with van der Waals surface area (Å²) in [5.41, 5.74) is 0.516. The number of ether oxygens (including phenoxy) is 1. The summed E-state index contributed by atoms with van der Waals surface area (Å²) in [6.45, 7) is 3.83. The van der Waals surface area contributed by atoms with Crippen molar-refractivity contribution in [2.45, 2.75) is 26.2 Å². The molecule has 0 aromatic heterocycles. The summed E-state index contributed by atoms with van der Waals surface area (Å²) < 4.78 is 5.27. The number of esters is 1. The molecule has 1 atom stereocenters. The smallest absolute Gasteiger partial charge is 0.313 e. The number of rotatable bonds is 4. The number of hydrogen-bond acceptors (Lipinski definition) is 3. The molecule has 1 aromatic rings. The summed E-state index contributed by atoms with van der Waals surface area (Å²) >= 11 is 12.0. The van der Waals surface area contributed by atoms with Crippen molar-refractivity contribution < 1.29 is 9.53 Å². The second-order valence-electron chi connectivity index (χ2n) is 5.21. The highest BCUT2D eigenvalue weighted by Crippen LogP contribution is 2.34. The number of carbonyl (C=O) groups is 1. The maximum atomic E-state index is 12.4. The van der Waals surface area contributed by atoms with Crippen LogP contribution in [0.2, 0.25) is 10.0 Å². The molecule has 2 rings (SSSR count). The highest BCUT2D eigenvalue weighted by atomic mass is 35.5. The summed E-state index contributed by atoms with van der Waals surface area (Å²) in [4.78, 5) is 12.4. The van der Waals surface area contributed by atoms with Crippen LogP contribution in [-0.2, 0) is 16.0 Å². The van der Waals surface area contributed by atoms with E-state index in [1.165, 1.54) is 0 Å². The fourth-order valence-electron chi connectivity index (χ4n) is 2.69. The van der Waals surface area contributed by atoms with Crippen LogP contribution < -0.4 is 5.32 Å². The number of hydrogen-bond donors (Lipinski definition) is 1. The van der Waals surface area contributed by atoms with Crippen molar-refractivity contribution in [2.75, 3.05) is 19.7 Å². The molecule has 0 radical (unpaired) electrons. The van der Waals surface area contributed by atoms with Gasteiger partial charge in [0.15, 0.2) is 0 Å². The molecule has 20 heavy (non-hydrogen) atoms. The van der Waals surface area contributed by atoms with Gasteiger partial charge in [-0.3, -0.25) is 4.79 Å². The van der Waals surface area contributed by atoms with Gasteiger partial charge in [0.05, 0.1) is 22.1 Å². The Balaban J connectivity index is 2.22. The van der Waals surface area contributed by atoms with Crippen molar-refractivity contribution in [3.05, 3.63) is 33.8 Å². The summed E-state index contributed by atoms with van der Waals surface area (Å²) in [5.74, 6) is -0.127. The molecular weight excluding hydrogens is 297 g/mol. The van der Waals surface area contributed by atoms with Gasteiger partial charge in [-0.15, -0.1) is 0 Å². The molecule has 110 valence electrons. The van der Waals surface area contributed by atoms with Gasteiger partial charge in [-0.1, -0.05) is 29.3 Å². The van der Waals surface area contributed by atoms with Crippen LogP contribution in [0.5, 0.6) is 0 Å². The normalized spacial score (nSPS) is 22.6. The van der Waals surface area contributed by atoms with Crippen molar-refractivity contribution >= 4 is 29.2 Å². The fourth-order valence-corrected chi connectivity index (χ4v) is 3.01. The summed E-state index contributed by atoms with van der Waals surface area (Å²) in [6, 6.07) is 5.53. The SMILES string of the molecule is CCOC(=O)[C@]1(Cc2ccc(Cl)c(Cl)c2)CCCNC1. The molecule has 0 amide bonds. The van der Waals surface area contributed by atoms with Gasteiger partial charge in [-0.2, -0.15) is 0 Å². The predicted octanol–water partition coefficient (Wildman–Crippen LogP) is 3.47. The molecule has 0 aliphatic carbocycles. The first kappa shape index (κ1) is 15.6. The lowest BCUT2D eigenvalue weighted by Gasteiger charge is -2.35. The molecule has 1 N–H and O–H groups in total. The van der Waals surface area contributed by atoms with E-state index in [2.05, 4.69) is 5.32 Å². The average Bonchev–Trinajstić information content (AvgIpc) is 2.44. The minimum absolute atomic E-state index is 0.127. The summed E-state index contributed by atoms with van der Waals surface area (Å²) in [7, 11) is 0. The average molecular weight is 316 g/mol. The molecular formula is C15H19Cl2NO2. The molecule has 0 saturated carbocycles. The number of benzene rings is 1. The largest absolute Gasteiger partial charge is 0.466 e. The van der Waals surface area contributed by atoms with Gasteiger partial charge in [-0.25, -0.2) is 0 Å². The van der Waals surface area contributed by atoms with E-state index in [1.807, 2.05) is 19.1 Å². The first-order valence-corrected chi connectivity index (χ1v) is 7.65. The zero-order chi connectivity index (χ0) is 14.6. The van der Waals surface area contributed by atoms with Crippen LogP contribution in [0.3, 0.4) is 0 Å². The van der Waals surface area contributed by atoms with Crippen LogP contribution in [0, 0.1) is 5.41 Å². The second-order valence-corrected chi connectivity index (χ2v) is 6.02. The summed E-state index contributed by atoms with van der Waals surface area (Å²) in [6.07, 6.45) is 2.43. The van der Waals surface area contributed by atoms with Crippen molar-refractivity contribution in [1.82, 2.24) is 5.32 Å². The third-order valence-corrected chi connectivity index (χ3v) is 4.45. The molecule has 5 heteroatoms. The molecule has 1 fully saturated rings. The zero-order valence-corrected chi connectivity index (χ0v) is 13.1. The van der Waals surface area contributed by atoms with Crippen LogP contribution in [0.4, 0.5) is 0 Å². The Bertz CT molecular complexity index is 485. The topological polar surface area (TPSA) is 38.3 Å². The van der Waals surface area contributed by atoms with Gasteiger partial charge in [0, 0.05) is 6.54 Å². The highest BCUT2D eigenvalue weighted by molar-refractivity contribution is 6.42. The van der Waals surface area contributed by atoms with Crippen LogP contribution in [-0.4, -0.2) is 25.7 Å². The molecule has 0 bridgehead atoms. The minimum atomic E-state index is -0.495. The van der Waals surface area contributed by atoms with Crippen LogP contribution in [0.15, 0.2) is 18.2 Å². The highest BCUT2D eigenvalue weighted by Gasteiger charge is 2.41. The Kier molecular flexibility index (Phi) is 5.30. The molecule has 1 aliphatic heterocycles. The van der Waals surface area contributed by atoms with E-state index >= 15 is 0 Å². The Labute approximate surface area is 129 Å². The molecule has 0 unspecified atom stereocenters. The van der Waals surface area contributed by atoms with E-state index in [4.69, 9.17) is 27.9 Å². The van der Waals surface area contributed by atoms with E-state index in [1.54, 1.807) is 6.07 Å². The Hall–Kier alpha value is -0.770. The van der Waals surface area contributed by atoms with Crippen molar-refractivity contribution in [3.63, 3.8) is 0 Å². The molecule has 1 aliphatic rings. The standard InChI is InChI=1S/C15H19Cl2NO2/c1-2-20-14(19)15(6-3-7-18-10-15)9-11-4-5-12(16)13(17)8-11/h4-5,8,18H,2-3,6-7,9-10H2,1H3/t15-/m0/s1. The van der Waals surface area contributed by atoms with Crippen molar-refractivity contribution in [3.8, 4) is 0 Å². The Morgan fingerprint density at radius 2 is 2.20 bits per heavy atom. The van der Waals surface area contributed by atoms with Gasteiger partial charge in [-0.05, 0) is 50.4 Å². The first-order valence-electron chi connectivity index (χ1n) is 6.89.